The number of esters is 1. The predicted molar refractivity (Wildman–Crippen MR) is 112 cm³/mol. The predicted octanol–water partition coefficient (Wildman–Crippen LogP) is 2.44. The Balaban J connectivity index is 1.40. The molecule has 2 amide bonds. The fraction of sp³-hybridized carbons (Fsp3) is 0.174. The minimum atomic E-state index is -0.694. The molecule has 0 unspecified atom stereocenters. The zero-order chi connectivity index (χ0) is 21.3. The number of benzene rings is 3. The van der Waals surface area contributed by atoms with Gasteiger partial charge in [-0.05, 0) is 40.6 Å². The molecule has 3 aromatic carbocycles. The molecular weight excluding hydrogens is 384 g/mol. The van der Waals surface area contributed by atoms with Crippen molar-refractivity contribution in [1.29, 1.82) is 0 Å². The molecule has 0 aliphatic carbocycles. The summed E-state index contributed by atoms with van der Waals surface area (Å²) in [5.41, 5.74) is 1.30. The first-order valence-corrected chi connectivity index (χ1v) is 9.37. The van der Waals surface area contributed by atoms with Crippen LogP contribution < -0.4 is 15.4 Å². The van der Waals surface area contributed by atoms with E-state index in [4.69, 9.17) is 9.47 Å². The molecule has 0 atom stereocenters. The molecule has 0 spiro atoms. The molecule has 0 saturated carbocycles. The molecule has 0 radical (unpaired) electrons. The first-order chi connectivity index (χ1) is 14.5. The van der Waals surface area contributed by atoms with E-state index in [9.17, 15) is 14.4 Å². The minimum absolute atomic E-state index is 0.284. The highest BCUT2D eigenvalue weighted by atomic mass is 16.5. The molecule has 3 aromatic rings. The lowest BCUT2D eigenvalue weighted by Crippen LogP contribution is -2.33. The molecule has 0 heterocycles. The lowest BCUT2D eigenvalue weighted by atomic mass is 10.1. The fourth-order valence-corrected chi connectivity index (χ4v) is 2.82. The summed E-state index contributed by atoms with van der Waals surface area (Å²) in [6.45, 7) is -0.463. The van der Waals surface area contributed by atoms with E-state index in [1.807, 2.05) is 42.5 Å². The second-order valence-electron chi connectivity index (χ2n) is 6.53. The molecule has 0 aliphatic rings. The number of rotatable bonds is 8. The van der Waals surface area contributed by atoms with Gasteiger partial charge in [0.25, 0.3) is 11.8 Å². The SMILES string of the molecule is COc1cccc(CNC(=O)COC(=O)CNC(=O)c2ccc3ccccc3c2)c1. The zero-order valence-electron chi connectivity index (χ0n) is 16.5. The van der Waals surface area contributed by atoms with Gasteiger partial charge in [0.1, 0.15) is 12.3 Å². The van der Waals surface area contributed by atoms with Gasteiger partial charge in [0.2, 0.25) is 0 Å². The van der Waals surface area contributed by atoms with Crippen LogP contribution in [0.3, 0.4) is 0 Å². The van der Waals surface area contributed by atoms with Crippen molar-refractivity contribution in [2.45, 2.75) is 6.54 Å². The Kier molecular flexibility index (Phi) is 7.00. The third-order valence-electron chi connectivity index (χ3n) is 4.39. The molecule has 3 rings (SSSR count). The lowest BCUT2D eigenvalue weighted by molar-refractivity contribution is -0.147. The van der Waals surface area contributed by atoms with Crippen LogP contribution in [-0.4, -0.2) is 38.0 Å². The summed E-state index contributed by atoms with van der Waals surface area (Å²) < 4.78 is 10.0. The molecule has 30 heavy (non-hydrogen) atoms. The summed E-state index contributed by atoms with van der Waals surface area (Å²) in [5, 5.41) is 7.11. The summed E-state index contributed by atoms with van der Waals surface area (Å²) in [6, 6.07) is 20.2. The van der Waals surface area contributed by atoms with Gasteiger partial charge in [-0.15, -0.1) is 0 Å². The van der Waals surface area contributed by atoms with Crippen LogP contribution in [0.1, 0.15) is 15.9 Å². The van der Waals surface area contributed by atoms with Gasteiger partial charge in [0.15, 0.2) is 6.61 Å². The number of carbonyl (C=O) groups is 3. The Bertz CT molecular complexity index is 1060. The van der Waals surface area contributed by atoms with Crippen molar-refractivity contribution in [3.05, 3.63) is 77.9 Å². The first-order valence-electron chi connectivity index (χ1n) is 9.37. The van der Waals surface area contributed by atoms with Crippen LogP contribution in [0.25, 0.3) is 10.8 Å². The van der Waals surface area contributed by atoms with E-state index in [1.165, 1.54) is 0 Å². The Labute approximate surface area is 174 Å². The molecule has 7 nitrogen and oxygen atoms in total. The lowest BCUT2D eigenvalue weighted by Gasteiger charge is -2.09. The summed E-state index contributed by atoms with van der Waals surface area (Å²) in [4.78, 5) is 35.9. The second kappa shape index (κ2) is 10.1. The standard InChI is InChI=1S/C23H22N2O5/c1-29-20-8-4-5-16(11-20)13-24-21(26)15-30-22(27)14-25-23(28)19-10-9-17-6-2-3-7-18(17)12-19/h2-12H,13-15H2,1H3,(H,24,26)(H,25,28). The molecule has 154 valence electrons. The molecule has 0 bridgehead atoms. The molecule has 7 heteroatoms. The highest BCUT2D eigenvalue weighted by molar-refractivity contribution is 5.99. The number of hydrogen-bond acceptors (Lipinski definition) is 5. The summed E-state index contributed by atoms with van der Waals surface area (Å²) in [7, 11) is 1.57. The van der Waals surface area contributed by atoms with Gasteiger partial charge in [-0.2, -0.15) is 0 Å². The van der Waals surface area contributed by atoms with Crippen molar-refractivity contribution < 1.29 is 23.9 Å². The number of carbonyl (C=O) groups excluding carboxylic acids is 3. The first kappa shape index (κ1) is 20.9. The topological polar surface area (TPSA) is 93.7 Å². The van der Waals surface area contributed by atoms with Crippen LogP contribution in [0, 0.1) is 0 Å². The van der Waals surface area contributed by atoms with Gasteiger partial charge in [-0.3, -0.25) is 14.4 Å². The smallest absolute Gasteiger partial charge is 0.325 e. The summed E-state index contributed by atoms with van der Waals surface area (Å²) in [6.07, 6.45) is 0. The van der Waals surface area contributed by atoms with Crippen LogP contribution >= 0.6 is 0 Å². The highest BCUT2D eigenvalue weighted by Gasteiger charge is 2.11. The van der Waals surface area contributed by atoms with Crippen molar-refractivity contribution in [2.75, 3.05) is 20.3 Å². The number of nitrogens with one attached hydrogen (secondary N) is 2. The minimum Gasteiger partial charge on any atom is -0.497 e. The highest BCUT2D eigenvalue weighted by Crippen LogP contribution is 2.15. The number of methoxy groups -OCH3 is 1. The molecule has 2 N–H and O–H groups in total. The average molecular weight is 406 g/mol. The van der Waals surface area contributed by atoms with Crippen molar-refractivity contribution in [3.8, 4) is 5.75 Å². The van der Waals surface area contributed by atoms with Crippen molar-refractivity contribution in [2.24, 2.45) is 0 Å². The molecule has 0 fully saturated rings. The largest absolute Gasteiger partial charge is 0.497 e. The maximum absolute atomic E-state index is 12.2. The van der Waals surface area contributed by atoms with E-state index in [-0.39, 0.29) is 19.0 Å². The van der Waals surface area contributed by atoms with Gasteiger partial charge >= 0.3 is 5.97 Å². The van der Waals surface area contributed by atoms with E-state index >= 15 is 0 Å². The molecule has 0 aromatic heterocycles. The normalized spacial score (nSPS) is 10.3. The number of ether oxygens (including phenoxy) is 2. The van der Waals surface area contributed by atoms with E-state index in [2.05, 4.69) is 10.6 Å². The van der Waals surface area contributed by atoms with Crippen molar-refractivity contribution in [3.63, 3.8) is 0 Å². The number of fused-ring (bicyclic) bond motifs is 1. The van der Waals surface area contributed by atoms with E-state index in [0.29, 0.717) is 11.3 Å². The van der Waals surface area contributed by atoms with Crippen LogP contribution in [0.15, 0.2) is 66.7 Å². The Morgan fingerprint density at radius 3 is 2.47 bits per heavy atom. The van der Waals surface area contributed by atoms with Crippen LogP contribution in [0.5, 0.6) is 5.75 Å². The monoisotopic (exact) mass is 406 g/mol. The molecular formula is C23H22N2O5. The van der Waals surface area contributed by atoms with Crippen LogP contribution in [0.4, 0.5) is 0 Å². The maximum Gasteiger partial charge on any atom is 0.325 e. The van der Waals surface area contributed by atoms with Gasteiger partial charge in [-0.25, -0.2) is 0 Å². The Morgan fingerprint density at radius 2 is 1.67 bits per heavy atom. The Morgan fingerprint density at radius 1 is 0.867 bits per heavy atom. The Hall–Kier alpha value is -3.87. The second-order valence-corrected chi connectivity index (χ2v) is 6.53. The molecule has 0 aliphatic heterocycles. The van der Waals surface area contributed by atoms with Crippen molar-refractivity contribution >= 4 is 28.6 Å². The maximum atomic E-state index is 12.2. The van der Waals surface area contributed by atoms with Gasteiger partial charge < -0.3 is 20.1 Å². The van der Waals surface area contributed by atoms with E-state index in [0.717, 1.165) is 16.3 Å². The summed E-state index contributed by atoms with van der Waals surface area (Å²) >= 11 is 0. The van der Waals surface area contributed by atoms with Crippen LogP contribution in [-0.2, 0) is 20.9 Å². The third kappa shape index (κ3) is 5.81. The van der Waals surface area contributed by atoms with Gasteiger partial charge in [0.05, 0.1) is 7.11 Å². The number of hydrogen-bond donors (Lipinski definition) is 2. The van der Waals surface area contributed by atoms with E-state index in [1.54, 1.807) is 31.4 Å². The fourth-order valence-electron chi connectivity index (χ4n) is 2.82. The third-order valence-corrected chi connectivity index (χ3v) is 4.39. The molecule has 0 saturated heterocycles. The van der Waals surface area contributed by atoms with Crippen molar-refractivity contribution in [1.82, 2.24) is 10.6 Å². The quantitative estimate of drug-likeness (QED) is 0.561. The zero-order valence-corrected chi connectivity index (χ0v) is 16.5. The van der Waals surface area contributed by atoms with Gasteiger partial charge in [0, 0.05) is 12.1 Å². The summed E-state index contributed by atoms with van der Waals surface area (Å²) in [5.74, 6) is -0.830. The van der Waals surface area contributed by atoms with Gasteiger partial charge in [-0.1, -0.05) is 42.5 Å². The number of amides is 2. The van der Waals surface area contributed by atoms with Crippen LogP contribution in [0.2, 0.25) is 0 Å². The average Bonchev–Trinajstić information content (AvgIpc) is 2.79. The van der Waals surface area contributed by atoms with E-state index < -0.39 is 18.5 Å².